The van der Waals surface area contributed by atoms with Gasteiger partial charge in [-0.15, -0.1) is 11.8 Å². The fourth-order valence-electron chi connectivity index (χ4n) is 2.63. The summed E-state index contributed by atoms with van der Waals surface area (Å²) in [5, 5.41) is 9.01. The molecule has 0 radical (unpaired) electrons. The van der Waals surface area contributed by atoms with E-state index in [9.17, 15) is 4.79 Å². The number of aliphatic carboxylic acids is 1. The van der Waals surface area contributed by atoms with Gasteiger partial charge in [0, 0.05) is 23.2 Å². The lowest BCUT2D eigenvalue weighted by atomic mass is 10.2. The Kier molecular flexibility index (Phi) is 5.73. The number of carboxylic acid groups (broad SMARTS) is 1. The van der Waals surface area contributed by atoms with Crippen molar-refractivity contribution in [1.29, 1.82) is 0 Å². The molecule has 1 fully saturated rings. The minimum Gasteiger partial charge on any atom is -0.480 e. The number of hydrogen-bond donors (Lipinski definition) is 1. The van der Waals surface area contributed by atoms with E-state index in [1.54, 1.807) is 11.8 Å². The van der Waals surface area contributed by atoms with E-state index in [2.05, 4.69) is 17.0 Å². The molecule has 19 heavy (non-hydrogen) atoms. The second-order valence-electron chi connectivity index (χ2n) is 4.96. The Hall–Kier alpha value is -1.00. The minimum absolute atomic E-state index is 0.181. The van der Waals surface area contributed by atoms with Crippen LogP contribution in [0.3, 0.4) is 0 Å². The number of hydrogen-bond acceptors (Lipinski definition) is 3. The van der Waals surface area contributed by atoms with Crippen LogP contribution in [0.1, 0.15) is 25.7 Å². The number of carboxylic acids is 1. The van der Waals surface area contributed by atoms with Crippen molar-refractivity contribution in [2.24, 2.45) is 0 Å². The minimum atomic E-state index is -0.711. The SMILES string of the molecule is O=C(O)CN(CCSc1ccccc1)C1CCCC1. The molecule has 1 N–H and O–H groups in total. The molecule has 0 atom stereocenters. The molecule has 1 saturated carbocycles. The molecule has 0 spiro atoms. The summed E-state index contributed by atoms with van der Waals surface area (Å²) in [6, 6.07) is 10.8. The lowest BCUT2D eigenvalue weighted by molar-refractivity contribution is -0.138. The molecular weight excluding hydrogens is 258 g/mol. The van der Waals surface area contributed by atoms with Crippen molar-refractivity contribution < 1.29 is 9.90 Å². The van der Waals surface area contributed by atoms with Gasteiger partial charge in [-0.25, -0.2) is 0 Å². The van der Waals surface area contributed by atoms with E-state index in [0.29, 0.717) is 6.04 Å². The van der Waals surface area contributed by atoms with Gasteiger partial charge in [-0.1, -0.05) is 31.0 Å². The zero-order chi connectivity index (χ0) is 13.5. The smallest absolute Gasteiger partial charge is 0.317 e. The van der Waals surface area contributed by atoms with E-state index in [-0.39, 0.29) is 6.54 Å². The van der Waals surface area contributed by atoms with Gasteiger partial charge in [0.15, 0.2) is 0 Å². The number of rotatable bonds is 7. The zero-order valence-corrected chi connectivity index (χ0v) is 11.9. The molecule has 0 heterocycles. The van der Waals surface area contributed by atoms with Gasteiger partial charge >= 0.3 is 5.97 Å². The zero-order valence-electron chi connectivity index (χ0n) is 11.1. The largest absolute Gasteiger partial charge is 0.480 e. The molecule has 0 aromatic heterocycles. The van der Waals surface area contributed by atoms with Crippen molar-refractivity contribution in [2.45, 2.75) is 36.6 Å². The van der Waals surface area contributed by atoms with Crippen molar-refractivity contribution in [3.05, 3.63) is 30.3 Å². The van der Waals surface area contributed by atoms with Crippen LogP contribution in [-0.4, -0.2) is 40.9 Å². The first kappa shape index (κ1) is 14.4. The maximum atomic E-state index is 11.0. The van der Waals surface area contributed by atoms with E-state index >= 15 is 0 Å². The highest BCUT2D eigenvalue weighted by Gasteiger charge is 2.23. The first-order chi connectivity index (χ1) is 9.25. The lowest BCUT2D eigenvalue weighted by Gasteiger charge is -2.26. The van der Waals surface area contributed by atoms with E-state index < -0.39 is 5.97 Å². The van der Waals surface area contributed by atoms with Gasteiger partial charge in [0.2, 0.25) is 0 Å². The Morgan fingerprint density at radius 3 is 2.58 bits per heavy atom. The lowest BCUT2D eigenvalue weighted by Crippen LogP contribution is -2.39. The molecular formula is C15H21NO2S. The third-order valence-electron chi connectivity index (χ3n) is 3.57. The maximum Gasteiger partial charge on any atom is 0.317 e. The topological polar surface area (TPSA) is 40.5 Å². The number of thioether (sulfide) groups is 1. The van der Waals surface area contributed by atoms with Crippen LogP contribution >= 0.6 is 11.8 Å². The highest BCUT2D eigenvalue weighted by molar-refractivity contribution is 7.99. The first-order valence-electron chi connectivity index (χ1n) is 6.89. The summed E-state index contributed by atoms with van der Waals surface area (Å²) >= 11 is 1.80. The second kappa shape index (κ2) is 7.56. The van der Waals surface area contributed by atoms with Gasteiger partial charge in [0.05, 0.1) is 6.54 Å². The highest BCUT2D eigenvalue weighted by atomic mass is 32.2. The fourth-order valence-corrected chi connectivity index (χ4v) is 3.54. The molecule has 104 valence electrons. The molecule has 1 aromatic rings. The third kappa shape index (κ3) is 4.88. The van der Waals surface area contributed by atoms with Gasteiger partial charge in [-0.3, -0.25) is 9.69 Å². The van der Waals surface area contributed by atoms with E-state index in [1.807, 2.05) is 18.2 Å². The standard InChI is InChI=1S/C15H21NO2S/c17-15(18)12-16(13-6-4-5-7-13)10-11-19-14-8-2-1-3-9-14/h1-3,8-9,13H,4-7,10-12H2,(H,17,18). The van der Waals surface area contributed by atoms with Gasteiger partial charge in [0.25, 0.3) is 0 Å². The van der Waals surface area contributed by atoms with E-state index in [1.165, 1.54) is 17.7 Å². The predicted octanol–water partition coefficient (Wildman–Crippen LogP) is 3.11. The third-order valence-corrected chi connectivity index (χ3v) is 4.56. The van der Waals surface area contributed by atoms with Gasteiger partial charge < -0.3 is 5.11 Å². The molecule has 2 rings (SSSR count). The van der Waals surface area contributed by atoms with Crippen molar-refractivity contribution in [3.63, 3.8) is 0 Å². The van der Waals surface area contributed by atoms with Crippen LogP contribution in [-0.2, 0) is 4.79 Å². The van der Waals surface area contributed by atoms with Gasteiger partial charge in [-0.2, -0.15) is 0 Å². The highest BCUT2D eigenvalue weighted by Crippen LogP contribution is 2.24. The van der Waals surface area contributed by atoms with Gasteiger partial charge in [0.1, 0.15) is 0 Å². The quantitative estimate of drug-likeness (QED) is 0.779. The fraction of sp³-hybridized carbons (Fsp3) is 0.533. The molecule has 0 unspecified atom stereocenters. The molecule has 3 nitrogen and oxygen atoms in total. The van der Waals surface area contributed by atoms with Crippen LogP contribution in [0.25, 0.3) is 0 Å². The molecule has 0 aliphatic heterocycles. The molecule has 0 bridgehead atoms. The van der Waals surface area contributed by atoms with Crippen LogP contribution in [0.15, 0.2) is 35.2 Å². The Bertz CT molecular complexity index is 390. The summed E-state index contributed by atoms with van der Waals surface area (Å²) in [6.07, 6.45) is 4.80. The molecule has 1 aliphatic rings. The summed E-state index contributed by atoms with van der Waals surface area (Å²) in [4.78, 5) is 14.3. The molecule has 4 heteroatoms. The van der Waals surface area contributed by atoms with Crippen LogP contribution in [0.4, 0.5) is 0 Å². The maximum absolute atomic E-state index is 11.0. The second-order valence-corrected chi connectivity index (χ2v) is 6.13. The van der Waals surface area contributed by atoms with Crippen molar-refractivity contribution in [2.75, 3.05) is 18.8 Å². The Labute approximate surface area is 119 Å². The Balaban J connectivity index is 1.80. The van der Waals surface area contributed by atoms with E-state index in [4.69, 9.17) is 5.11 Å². The molecule has 0 amide bonds. The summed E-state index contributed by atoms with van der Waals surface area (Å²) < 4.78 is 0. The van der Waals surface area contributed by atoms with Crippen molar-refractivity contribution in [3.8, 4) is 0 Å². The van der Waals surface area contributed by atoms with Crippen LogP contribution < -0.4 is 0 Å². The van der Waals surface area contributed by atoms with Crippen molar-refractivity contribution in [1.82, 2.24) is 4.90 Å². The number of carbonyl (C=O) groups is 1. The molecule has 1 aromatic carbocycles. The van der Waals surface area contributed by atoms with Crippen LogP contribution in [0, 0.1) is 0 Å². The Morgan fingerprint density at radius 1 is 1.26 bits per heavy atom. The first-order valence-corrected chi connectivity index (χ1v) is 7.88. The van der Waals surface area contributed by atoms with Gasteiger partial charge in [-0.05, 0) is 25.0 Å². The molecule has 0 saturated heterocycles. The van der Waals surface area contributed by atoms with Crippen molar-refractivity contribution >= 4 is 17.7 Å². The normalized spacial score (nSPS) is 16.1. The predicted molar refractivity (Wildman–Crippen MR) is 78.6 cm³/mol. The average molecular weight is 279 g/mol. The summed E-state index contributed by atoms with van der Waals surface area (Å²) in [7, 11) is 0. The Morgan fingerprint density at radius 2 is 1.95 bits per heavy atom. The van der Waals surface area contributed by atoms with Crippen LogP contribution in [0.5, 0.6) is 0 Å². The molecule has 1 aliphatic carbocycles. The number of nitrogens with zero attached hydrogens (tertiary/aromatic N) is 1. The monoisotopic (exact) mass is 279 g/mol. The van der Waals surface area contributed by atoms with Crippen LogP contribution in [0.2, 0.25) is 0 Å². The van der Waals surface area contributed by atoms with E-state index in [0.717, 1.165) is 25.1 Å². The number of benzene rings is 1. The summed E-state index contributed by atoms with van der Waals surface area (Å²) in [5.41, 5.74) is 0. The average Bonchev–Trinajstić information content (AvgIpc) is 2.92. The summed E-state index contributed by atoms with van der Waals surface area (Å²) in [5.74, 6) is 0.241. The summed E-state index contributed by atoms with van der Waals surface area (Å²) in [6.45, 7) is 1.04.